The molecule has 0 fully saturated rings. The number of aryl methyl sites for hydroxylation is 2. The van der Waals surface area contributed by atoms with Crippen molar-refractivity contribution in [3.8, 4) is 0 Å². The van der Waals surface area contributed by atoms with E-state index in [1.54, 1.807) is 0 Å². The van der Waals surface area contributed by atoms with Crippen LogP contribution in [0.2, 0.25) is 0 Å². The Bertz CT molecular complexity index is 1350. The Hall–Kier alpha value is -3.48. The van der Waals surface area contributed by atoms with Crippen molar-refractivity contribution >= 4 is 57.3 Å². The maximum absolute atomic E-state index is 2.36. The second-order valence-corrected chi connectivity index (χ2v) is 13.6. The minimum absolute atomic E-state index is 0.974. The highest BCUT2D eigenvalue weighted by atomic mass is 33.1. The van der Waals surface area contributed by atoms with E-state index in [0.717, 1.165) is 26.2 Å². The summed E-state index contributed by atoms with van der Waals surface area (Å²) in [7, 11) is 8.40. The molecule has 0 amide bonds. The fraction of sp³-hybridized carbons (Fsp3) is 0.316. The van der Waals surface area contributed by atoms with Crippen molar-refractivity contribution in [3.05, 3.63) is 120 Å². The monoisotopic (exact) mass is 624 g/mol. The van der Waals surface area contributed by atoms with Crippen molar-refractivity contribution in [2.45, 2.75) is 39.8 Å². The fourth-order valence-electron chi connectivity index (χ4n) is 5.00. The molecule has 0 unspecified atom stereocenters. The summed E-state index contributed by atoms with van der Waals surface area (Å²) in [5.41, 5.74) is 7.45. The summed E-state index contributed by atoms with van der Waals surface area (Å²) in [6.45, 7) is 8.44. The molecule has 2 heterocycles. The number of rotatable bonds is 17. The van der Waals surface area contributed by atoms with Crippen LogP contribution < -0.4 is 18.9 Å². The Morgan fingerprint density at radius 2 is 0.955 bits per heavy atom. The van der Waals surface area contributed by atoms with E-state index < -0.39 is 0 Å². The van der Waals surface area contributed by atoms with E-state index in [1.165, 1.54) is 58.2 Å². The first-order valence-electron chi connectivity index (χ1n) is 15.8. The summed E-state index contributed by atoms with van der Waals surface area (Å²) in [5, 5.41) is 0. The molecule has 0 bridgehead atoms. The van der Waals surface area contributed by atoms with Crippen molar-refractivity contribution in [1.29, 1.82) is 0 Å². The Kier molecular flexibility index (Phi) is 13.9. The summed E-state index contributed by atoms with van der Waals surface area (Å²) in [6.07, 6.45) is 15.4. The Balaban J connectivity index is 1.08. The van der Waals surface area contributed by atoms with Gasteiger partial charge in [0.05, 0.1) is 0 Å². The van der Waals surface area contributed by atoms with Crippen LogP contribution in [0.1, 0.15) is 49.2 Å². The van der Waals surface area contributed by atoms with E-state index in [4.69, 9.17) is 0 Å². The lowest BCUT2D eigenvalue weighted by Gasteiger charge is -2.20. The molecule has 0 radical (unpaired) electrons. The van der Waals surface area contributed by atoms with Crippen LogP contribution in [0.5, 0.6) is 0 Å². The SMILES string of the molecule is CC[n+]1ccccc1/C=C/c1ccc(N(C)CCCSSCCCN(C)c2ccc(/C=C/c3cccc[n+]3CC)cc2)cc1. The van der Waals surface area contributed by atoms with Crippen LogP contribution in [-0.4, -0.2) is 38.7 Å². The van der Waals surface area contributed by atoms with Crippen molar-refractivity contribution in [3.63, 3.8) is 0 Å². The van der Waals surface area contributed by atoms with Crippen molar-refractivity contribution in [1.82, 2.24) is 0 Å². The van der Waals surface area contributed by atoms with Crippen LogP contribution in [0, 0.1) is 0 Å². The van der Waals surface area contributed by atoms with Gasteiger partial charge in [-0.3, -0.25) is 0 Å². The Morgan fingerprint density at radius 3 is 1.34 bits per heavy atom. The lowest BCUT2D eigenvalue weighted by molar-refractivity contribution is -0.695. The fourth-order valence-corrected chi connectivity index (χ4v) is 7.14. The second-order valence-electron chi connectivity index (χ2n) is 10.9. The molecule has 44 heavy (non-hydrogen) atoms. The summed E-state index contributed by atoms with van der Waals surface area (Å²) in [5.74, 6) is 2.35. The molecule has 0 aliphatic carbocycles. The van der Waals surface area contributed by atoms with Gasteiger partial charge in [0.1, 0.15) is 13.1 Å². The van der Waals surface area contributed by atoms with Gasteiger partial charge < -0.3 is 9.80 Å². The maximum atomic E-state index is 2.36. The van der Waals surface area contributed by atoms with Crippen LogP contribution >= 0.6 is 21.6 Å². The van der Waals surface area contributed by atoms with E-state index in [9.17, 15) is 0 Å². The van der Waals surface area contributed by atoms with Gasteiger partial charge in [-0.05, 0) is 86.4 Å². The Labute approximate surface area is 273 Å². The third-order valence-corrected chi connectivity index (χ3v) is 10.3. The molecular weight excluding hydrogens is 577 g/mol. The molecule has 0 atom stereocenters. The Morgan fingerprint density at radius 1 is 0.545 bits per heavy atom. The zero-order valence-electron chi connectivity index (χ0n) is 26.8. The molecule has 0 saturated heterocycles. The average molecular weight is 625 g/mol. The van der Waals surface area contributed by atoms with Crippen LogP contribution in [-0.2, 0) is 13.1 Å². The predicted molar refractivity (Wildman–Crippen MR) is 196 cm³/mol. The highest BCUT2D eigenvalue weighted by Crippen LogP contribution is 2.24. The molecular formula is C38H48N4S2+2. The lowest BCUT2D eigenvalue weighted by Crippen LogP contribution is -2.34. The zero-order valence-corrected chi connectivity index (χ0v) is 28.4. The lowest BCUT2D eigenvalue weighted by atomic mass is 10.1. The first-order valence-corrected chi connectivity index (χ1v) is 18.3. The third kappa shape index (κ3) is 10.6. The smallest absolute Gasteiger partial charge is 0.205 e. The molecule has 4 aromatic rings. The molecule has 4 nitrogen and oxygen atoms in total. The number of anilines is 2. The topological polar surface area (TPSA) is 14.2 Å². The van der Waals surface area contributed by atoms with Crippen molar-refractivity contribution in [2.24, 2.45) is 0 Å². The van der Waals surface area contributed by atoms with Gasteiger partial charge >= 0.3 is 0 Å². The number of pyridine rings is 2. The number of hydrogen-bond acceptors (Lipinski definition) is 4. The van der Waals surface area contributed by atoms with Gasteiger partial charge in [-0.15, -0.1) is 0 Å². The van der Waals surface area contributed by atoms with Gasteiger partial charge in [0.25, 0.3) is 0 Å². The van der Waals surface area contributed by atoms with Gasteiger partial charge in [0, 0.05) is 86.5 Å². The molecule has 4 rings (SSSR count). The van der Waals surface area contributed by atoms with E-state index in [2.05, 4.69) is 169 Å². The van der Waals surface area contributed by atoms with Gasteiger partial charge in [0.2, 0.25) is 11.4 Å². The van der Waals surface area contributed by atoms with E-state index in [-0.39, 0.29) is 0 Å². The largest absolute Gasteiger partial charge is 0.375 e. The minimum Gasteiger partial charge on any atom is -0.375 e. The first-order chi connectivity index (χ1) is 21.6. The first kappa shape index (κ1) is 33.4. The second kappa shape index (κ2) is 18.4. The van der Waals surface area contributed by atoms with Crippen LogP contribution in [0.25, 0.3) is 24.3 Å². The van der Waals surface area contributed by atoms with E-state index >= 15 is 0 Å². The van der Waals surface area contributed by atoms with Gasteiger partial charge in [-0.1, -0.05) is 45.9 Å². The third-order valence-electron chi connectivity index (χ3n) is 7.72. The molecule has 0 aliphatic rings. The van der Waals surface area contributed by atoms with Crippen LogP contribution in [0.4, 0.5) is 11.4 Å². The molecule has 2 aromatic carbocycles. The summed E-state index contributed by atoms with van der Waals surface area (Å²) in [4.78, 5) is 4.72. The maximum Gasteiger partial charge on any atom is 0.205 e. The molecule has 0 spiro atoms. The van der Waals surface area contributed by atoms with Crippen molar-refractivity contribution in [2.75, 3.05) is 48.5 Å². The highest BCUT2D eigenvalue weighted by Gasteiger charge is 2.06. The number of hydrogen-bond donors (Lipinski definition) is 0. The summed E-state index contributed by atoms with van der Waals surface area (Å²) >= 11 is 0. The quantitative estimate of drug-likeness (QED) is 0.0665. The standard InChI is InChI=1S/C38H48N4S2/c1-5-41-29-9-7-13-37(41)25-19-33-15-21-35(22-16-33)39(3)27-11-31-43-44-32-12-28-40(4)36-23-17-34(18-24-36)20-26-38-14-8-10-30-42(38)6-2/h7-10,13-26,29-30H,5-6,11-12,27-28,31-32H2,1-4H3/q+2. The highest BCUT2D eigenvalue weighted by molar-refractivity contribution is 8.76. The number of aromatic nitrogens is 2. The van der Waals surface area contributed by atoms with E-state index in [1.807, 2.05) is 21.6 Å². The van der Waals surface area contributed by atoms with Gasteiger partial charge in [-0.2, -0.15) is 9.13 Å². The minimum atomic E-state index is 0.974. The zero-order chi connectivity index (χ0) is 31.0. The van der Waals surface area contributed by atoms with Gasteiger partial charge in [-0.25, -0.2) is 0 Å². The van der Waals surface area contributed by atoms with E-state index in [0.29, 0.717) is 0 Å². The van der Waals surface area contributed by atoms with Gasteiger partial charge in [0.15, 0.2) is 12.4 Å². The summed E-state index contributed by atoms with van der Waals surface area (Å²) < 4.78 is 4.50. The normalized spacial score (nSPS) is 11.5. The summed E-state index contributed by atoms with van der Waals surface area (Å²) in [6, 6.07) is 30.4. The number of benzene rings is 2. The molecule has 6 heteroatoms. The molecule has 0 saturated carbocycles. The van der Waals surface area contributed by atoms with Crippen LogP contribution in [0.3, 0.4) is 0 Å². The number of nitrogens with zero attached hydrogens (tertiary/aromatic N) is 4. The molecule has 2 aromatic heterocycles. The molecule has 0 aliphatic heterocycles. The van der Waals surface area contributed by atoms with Crippen molar-refractivity contribution < 1.29 is 9.13 Å². The predicted octanol–water partition coefficient (Wildman–Crippen LogP) is 8.38. The molecule has 0 N–H and O–H groups in total. The van der Waals surface area contributed by atoms with Crippen LogP contribution in [0.15, 0.2) is 97.3 Å². The average Bonchev–Trinajstić information content (AvgIpc) is 3.08. The molecule has 230 valence electrons.